The van der Waals surface area contributed by atoms with Gasteiger partial charge in [0.05, 0.1) is 6.61 Å². The Bertz CT molecular complexity index is 757. The van der Waals surface area contributed by atoms with Gasteiger partial charge >= 0.3 is 0 Å². The van der Waals surface area contributed by atoms with E-state index in [0.29, 0.717) is 6.61 Å². The first kappa shape index (κ1) is 25.4. The molecule has 0 amide bonds. The highest BCUT2D eigenvalue weighted by molar-refractivity contribution is 6.74. The van der Waals surface area contributed by atoms with Crippen LogP contribution < -0.4 is 0 Å². The van der Waals surface area contributed by atoms with Crippen LogP contribution in [0.2, 0.25) is 18.1 Å². The maximum atomic E-state index is 10.5. The summed E-state index contributed by atoms with van der Waals surface area (Å²) in [5, 5.41) is 10.7. The molecule has 0 radical (unpaired) electrons. The molecule has 3 atom stereocenters. The van der Waals surface area contributed by atoms with Gasteiger partial charge in [0.1, 0.15) is 12.2 Å². The minimum atomic E-state index is -1.79. The largest absolute Gasteiger partial charge is 0.414 e. The second kappa shape index (κ2) is 8.94. The first-order chi connectivity index (χ1) is 13.6. The summed E-state index contributed by atoms with van der Waals surface area (Å²) in [6.07, 6.45) is 6.01. The fourth-order valence-corrected chi connectivity index (χ4v) is 4.89. The Kier molecular flexibility index (Phi) is 7.57. The van der Waals surface area contributed by atoms with Gasteiger partial charge in [-0.3, -0.25) is 0 Å². The molecule has 1 aliphatic carbocycles. The third kappa shape index (κ3) is 6.10. The Hall–Kier alpha value is -0.863. The minimum absolute atomic E-state index is 0.00791. The molecular weight excluding hydrogens is 388 g/mol. The molecule has 2 aliphatic rings. The van der Waals surface area contributed by atoms with Crippen molar-refractivity contribution in [3.05, 3.63) is 22.8 Å². The highest BCUT2D eigenvalue weighted by atomic mass is 28.4. The Morgan fingerprint density at radius 3 is 2.53 bits per heavy atom. The van der Waals surface area contributed by atoms with E-state index >= 15 is 0 Å². The fourth-order valence-electron chi connectivity index (χ4n) is 3.89. The third-order valence-electron chi connectivity index (χ3n) is 7.55. The molecule has 2 rings (SSSR count). The lowest BCUT2D eigenvalue weighted by atomic mass is 9.71. The summed E-state index contributed by atoms with van der Waals surface area (Å²) in [7, 11) is -1.79. The van der Waals surface area contributed by atoms with Crippen LogP contribution in [0.1, 0.15) is 81.1 Å². The molecule has 0 aromatic rings. The van der Waals surface area contributed by atoms with Crippen LogP contribution in [0.15, 0.2) is 22.8 Å². The number of ether oxygens (including phenoxy) is 1. The summed E-state index contributed by atoms with van der Waals surface area (Å²) in [6.45, 7) is 22.7. The van der Waals surface area contributed by atoms with Gasteiger partial charge in [0.15, 0.2) is 13.9 Å². The number of hydrogen-bond donors (Lipinski definition) is 1. The van der Waals surface area contributed by atoms with Gasteiger partial charge in [0, 0.05) is 0 Å². The van der Waals surface area contributed by atoms with Crippen molar-refractivity contribution < 1.29 is 14.3 Å². The van der Waals surface area contributed by atoms with Gasteiger partial charge < -0.3 is 14.3 Å². The zero-order valence-corrected chi connectivity index (χ0v) is 22.0. The fraction of sp³-hybridized carbons (Fsp3) is 0.769. The van der Waals surface area contributed by atoms with Crippen LogP contribution in [0.4, 0.5) is 0 Å². The van der Waals surface area contributed by atoms with Crippen molar-refractivity contribution in [1.82, 2.24) is 0 Å². The molecule has 0 aromatic carbocycles. The summed E-state index contributed by atoms with van der Waals surface area (Å²) in [5.41, 5.74) is 3.70. The molecule has 3 nitrogen and oxygen atoms in total. The van der Waals surface area contributed by atoms with Crippen molar-refractivity contribution in [2.75, 3.05) is 6.61 Å². The monoisotopic (exact) mass is 432 g/mol. The number of hydrogen-bond acceptors (Lipinski definition) is 3. The van der Waals surface area contributed by atoms with Gasteiger partial charge in [-0.15, -0.1) is 0 Å². The molecule has 1 fully saturated rings. The van der Waals surface area contributed by atoms with E-state index in [1.54, 1.807) is 0 Å². The van der Waals surface area contributed by atoms with Gasteiger partial charge in [0.2, 0.25) is 0 Å². The Morgan fingerprint density at radius 2 is 1.97 bits per heavy atom. The van der Waals surface area contributed by atoms with E-state index in [-0.39, 0.29) is 16.6 Å². The van der Waals surface area contributed by atoms with Gasteiger partial charge in [-0.2, -0.15) is 0 Å². The number of epoxide rings is 1. The van der Waals surface area contributed by atoms with Crippen LogP contribution in [0.3, 0.4) is 0 Å². The predicted molar refractivity (Wildman–Crippen MR) is 129 cm³/mol. The molecule has 1 aliphatic heterocycles. The van der Waals surface area contributed by atoms with E-state index in [9.17, 15) is 5.11 Å². The highest BCUT2D eigenvalue weighted by Crippen LogP contribution is 2.42. The van der Waals surface area contributed by atoms with Crippen LogP contribution in [0.25, 0.3) is 0 Å². The number of aliphatic hydroxyl groups excluding tert-OH is 1. The zero-order chi connectivity index (χ0) is 23.0. The maximum absolute atomic E-state index is 10.5. The van der Waals surface area contributed by atoms with Crippen molar-refractivity contribution in [1.29, 1.82) is 0 Å². The average molecular weight is 433 g/mol. The van der Waals surface area contributed by atoms with Crippen molar-refractivity contribution >= 4 is 8.32 Å². The second-order valence-electron chi connectivity index (χ2n) is 11.6. The summed E-state index contributed by atoms with van der Waals surface area (Å²) in [6, 6.07) is 0. The van der Waals surface area contributed by atoms with Crippen LogP contribution in [0.5, 0.6) is 0 Å². The van der Waals surface area contributed by atoms with Crippen LogP contribution in [0, 0.1) is 17.3 Å². The van der Waals surface area contributed by atoms with Crippen molar-refractivity contribution in [3.63, 3.8) is 0 Å². The van der Waals surface area contributed by atoms with E-state index < -0.39 is 20.0 Å². The summed E-state index contributed by atoms with van der Waals surface area (Å²) in [5.74, 6) is 6.18. The first-order valence-electron chi connectivity index (χ1n) is 11.5. The zero-order valence-electron chi connectivity index (χ0n) is 21.0. The number of rotatable bonds is 6. The molecule has 1 saturated heterocycles. The minimum Gasteiger partial charge on any atom is -0.414 e. The normalized spacial score (nSPS) is 28.1. The molecule has 1 unspecified atom stereocenters. The smallest absolute Gasteiger partial charge is 0.192 e. The highest BCUT2D eigenvalue weighted by Gasteiger charge is 2.52. The molecule has 1 heterocycles. The molecular formula is C26H44O3Si. The quantitative estimate of drug-likeness (QED) is 0.229. The van der Waals surface area contributed by atoms with E-state index in [1.807, 2.05) is 13.8 Å². The Morgan fingerprint density at radius 1 is 1.33 bits per heavy atom. The van der Waals surface area contributed by atoms with E-state index in [4.69, 9.17) is 9.16 Å². The number of aliphatic hydroxyl groups is 1. The average Bonchev–Trinajstić information content (AvgIpc) is 3.26. The molecule has 0 bridgehead atoms. The van der Waals surface area contributed by atoms with E-state index in [2.05, 4.69) is 72.6 Å². The predicted octanol–water partition coefficient (Wildman–Crippen LogP) is 6.39. The van der Waals surface area contributed by atoms with Gasteiger partial charge in [-0.25, -0.2) is 0 Å². The van der Waals surface area contributed by atoms with Crippen molar-refractivity contribution in [2.24, 2.45) is 5.41 Å². The molecule has 0 aromatic heterocycles. The third-order valence-corrected chi connectivity index (χ3v) is 12.0. The van der Waals surface area contributed by atoms with E-state index in [0.717, 1.165) is 12.0 Å². The lowest BCUT2D eigenvalue weighted by Crippen LogP contribution is -2.42. The molecule has 0 saturated carbocycles. The summed E-state index contributed by atoms with van der Waals surface area (Å²) >= 11 is 0. The molecule has 170 valence electrons. The van der Waals surface area contributed by atoms with E-state index in [1.165, 1.54) is 30.4 Å². The maximum Gasteiger partial charge on any atom is 0.192 e. The topological polar surface area (TPSA) is 42.0 Å². The summed E-state index contributed by atoms with van der Waals surface area (Å²) in [4.78, 5) is 0. The molecule has 0 spiro atoms. The van der Waals surface area contributed by atoms with Gasteiger partial charge in [-0.1, -0.05) is 63.7 Å². The first-order valence-corrected chi connectivity index (χ1v) is 14.4. The summed E-state index contributed by atoms with van der Waals surface area (Å²) < 4.78 is 12.1. The van der Waals surface area contributed by atoms with Crippen molar-refractivity contribution in [3.8, 4) is 11.8 Å². The van der Waals surface area contributed by atoms with Crippen LogP contribution in [-0.2, 0) is 9.16 Å². The van der Waals surface area contributed by atoms with Crippen LogP contribution in [-0.4, -0.2) is 37.8 Å². The second-order valence-corrected chi connectivity index (χ2v) is 16.4. The Balaban J connectivity index is 1.94. The molecule has 30 heavy (non-hydrogen) atoms. The molecule has 4 heteroatoms. The lowest BCUT2D eigenvalue weighted by molar-refractivity contribution is 0.240. The van der Waals surface area contributed by atoms with Crippen molar-refractivity contribution in [2.45, 2.75) is 117 Å². The SMILES string of the molecule is CC1=C(C/C=C(\C)C(O)C#C[C@@]2(C)O[C@H]2CO[Si](C)(C)C(C)(C)C)C(C)(C)CCC1. The van der Waals surface area contributed by atoms with Crippen LogP contribution >= 0.6 is 0 Å². The van der Waals surface area contributed by atoms with Gasteiger partial charge in [0.25, 0.3) is 0 Å². The standard InChI is InChI=1S/C26H44O3Si/c1-19-12-11-16-25(6,7)21(19)14-13-20(2)22(27)15-17-26(8)23(29-26)18-28-30(9,10)24(3,4)5/h13,22-23,27H,11-12,14,16,18H2,1-10H3/b20-13+/t22?,23-,26+/m0/s1. The Labute approximate surface area is 186 Å². The lowest BCUT2D eigenvalue weighted by Gasteiger charge is -2.36. The van der Waals surface area contributed by atoms with Gasteiger partial charge in [-0.05, 0) is 75.6 Å². The number of allylic oxidation sites excluding steroid dienone is 3. The molecule has 1 N–H and O–H groups in total.